The molecule has 0 spiro atoms. The molecule has 2 rings (SSSR count). The van der Waals surface area contributed by atoms with Crippen LogP contribution >= 0.6 is 22.9 Å². The lowest BCUT2D eigenvalue weighted by atomic mass is 10.2. The molecule has 2 aromatic heterocycles. The molecular weight excluding hydrogens is 190 g/mol. The van der Waals surface area contributed by atoms with E-state index >= 15 is 0 Å². The Morgan fingerprint density at radius 2 is 2.42 bits per heavy atom. The van der Waals surface area contributed by atoms with Crippen molar-refractivity contribution in [2.45, 2.75) is 0 Å². The van der Waals surface area contributed by atoms with E-state index in [-0.39, 0.29) is 0 Å². The maximum Gasteiger partial charge on any atom is 0.123 e. The molecule has 60 valence electrons. The van der Waals surface area contributed by atoms with Gasteiger partial charge < -0.3 is 0 Å². The van der Waals surface area contributed by atoms with Crippen LogP contribution in [0.5, 0.6) is 0 Å². The Morgan fingerprint density at radius 1 is 1.50 bits per heavy atom. The van der Waals surface area contributed by atoms with Crippen LogP contribution in [-0.2, 0) is 0 Å². The number of nitrogens with zero attached hydrogens (tertiary/aromatic N) is 1. The second kappa shape index (κ2) is 3.25. The molecule has 12 heavy (non-hydrogen) atoms. The van der Waals surface area contributed by atoms with Gasteiger partial charge in [0.05, 0.1) is 0 Å². The highest BCUT2D eigenvalue weighted by molar-refractivity contribution is 7.17. The second-order valence-corrected chi connectivity index (χ2v) is 3.45. The van der Waals surface area contributed by atoms with Crippen LogP contribution in [0, 0.1) is 0 Å². The molecule has 0 unspecified atom stereocenters. The summed E-state index contributed by atoms with van der Waals surface area (Å²) in [5.41, 5.74) is 2.66. The summed E-state index contributed by atoms with van der Waals surface area (Å²) in [6, 6.07) is 3.98. The van der Waals surface area contributed by atoms with E-state index in [9.17, 15) is 0 Å². The first-order chi connectivity index (χ1) is 5.92. The van der Waals surface area contributed by atoms with Crippen LogP contribution in [0.2, 0.25) is 0 Å². The third kappa shape index (κ3) is 1.24. The monoisotopic (exact) mass is 195 g/mol. The van der Waals surface area contributed by atoms with Gasteiger partial charge >= 0.3 is 0 Å². The van der Waals surface area contributed by atoms with Gasteiger partial charge in [-0.15, -0.1) is 11.3 Å². The van der Waals surface area contributed by atoms with Gasteiger partial charge in [0.2, 0.25) is 0 Å². The summed E-state index contributed by atoms with van der Waals surface area (Å²) in [6.45, 7) is 0. The molecular formula is C9H6ClNS. The molecule has 0 amide bonds. The van der Waals surface area contributed by atoms with Crippen molar-refractivity contribution >= 4 is 39.2 Å². The third-order valence-electron chi connectivity index (χ3n) is 1.62. The molecule has 0 aromatic carbocycles. The summed E-state index contributed by atoms with van der Waals surface area (Å²) < 4.78 is 0. The second-order valence-electron chi connectivity index (χ2n) is 2.34. The average Bonchev–Trinajstić information content (AvgIpc) is 2.50. The fourth-order valence-electron chi connectivity index (χ4n) is 1.08. The molecule has 0 aliphatic rings. The Labute approximate surface area is 79.3 Å². The van der Waals surface area contributed by atoms with E-state index in [1.165, 1.54) is 10.9 Å². The van der Waals surface area contributed by atoms with Crippen LogP contribution in [0.25, 0.3) is 16.3 Å². The first-order valence-corrected chi connectivity index (χ1v) is 4.82. The molecule has 0 aliphatic heterocycles. The normalized spacial score (nSPS) is 11.4. The van der Waals surface area contributed by atoms with Crippen molar-refractivity contribution < 1.29 is 0 Å². The quantitative estimate of drug-likeness (QED) is 0.679. The van der Waals surface area contributed by atoms with Crippen LogP contribution in [-0.4, -0.2) is 4.98 Å². The van der Waals surface area contributed by atoms with Crippen molar-refractivity contribution in [3.8, 4) is 0 Å². The van der Waals surface area contributed by atoms with Gasteiger partial charge in [0, 0.05) is 22.5 Å². The van der Waals surface area contributed by atoms with Crippen molar-refractivity contribution in [3.05, 3.63) is 34.8 Å². The Balaban J connectivity index is 2.70. The third-order valence-corrected chi connectivity index (χ3v) is 2.67. The van der Waals surface area contributed by atoms with Gasteiger partial charge in [-0.2, -0.15) is 0 Å². The minimum Gasteiger partial charge on any atom is -0.245 e. The number of aromatic nitrogens is 1. The van der Waals surface area contributed by atoms with E-state index in [1.807, 2.05) is 18.2 Å². The van der Waals surface area contributed by atoms with Crippen LogP contribution in [0.15, 0.2) is 29.2 Å². The molecule has 0 saturated heterocycles. The lowest BCUT2D eigenvalue weighted by molar-refractivity contribution is 1.45. The number of pyridine rings is 1. The summed E-state index contributed by atoms with van der Waals surface area (Å²) in [5.74, 6) is 0. The Morgan fingerprint density at radius 3 is 3.25 bits per heavy atom. The van der Waals surface area contributed by atoms with Crippen molar-refractivity contribution in [2.24, 2.45) is 0 Å². The van der Waals surface area contributed by atoms with Crippen molar-refractivity contribution in [1.82, 2.24) is 4.98 Å². The van der Waals surface area contributed by atoms with Gasteiger partial charge in [0.15, 0.2) is 0 Å². The summed E-state index contributed by atoms with van der Waals surface area (Å²) in [7, 11) is 0. The Hall–Kier alpha value is -0.860. The van der Waals surface area contributed by atoms with Gasteiger partial charge in [-0.25, -0.2) is 4.98 Å². The van der Waals surface area contributed by atoms with Crippen LogP contribution in [0.4, 0.5) is 0 Å². The summed E-state index contributed by atoms with van der Waals surface area (Å²) in [4.78, 5) is 5.28. The molecule has 0 fully saturated rings. The predicted molar refractivity (Wildman–Crippen MR) is 54.5 cm³/mol. The largest absolute Gasteiger partial charge is 0.245 e. The maximum atomic E-state index is 5.50. The summed E-state index contributed by atoms with van der Waals surface area (Å²) in [5, 5.41) is 3.22. The van der Waals surface area contributed by atoms with Crippen molar-refractivity contribution in [3.63, 3.8) is 0 Å². The first kappa shape index (κ1) is 7.77. The fourth-order valence-corrected chi connectivity index (χ4v) is 2.10. The molecule has 2 heterocycles. The van der Waals surface area contributed by atoms with Gasteiger partial charge in [0.1, 0.15) is 4.83 Å². The number of rotatable bonds is 1. The molecule has 2 aromatic rings. The number of hydrogen-bond acceptors (Lipinski definition) is 2. The molecule has 1 nitrogen and oxygen atoms in total. The van der Waals surface area contributed by atoms with Gasteiger partial charge in [-0.05, 0) is 23.8 Å². The molecule has 0 saturated carbocycles. The van der Waals surface area contributed by atoms with E-state index in [0.29, 0.717) is 0 Å². The van der Waals surface area contributed by atoms with Crippen molar-refractivity contribution in [2.75, 3.05) is 0 Å². The predicted octanol–water partition coefficient (Wildman–Crippen LogP) is 3.51. The maximum absolute atomic E-state index is 5.50. The standard InChI is InChI=1S/C9H6ClNS/c10-4-3-7-6-12-9-8(7)2-1-5-11-9/h1-6H/b4-3-. The van der Waals surface area contributed by atoms with E-state index in [4.69, 9.17) is 11.6 Å². The van der Waals surface area contributed by atoms with E-state index in [2.05, 4.69) is 10.4 Å². The van der Waals surface area contributed by atoms with E-state index in [1.54, 1.807) is 17.5 Å². The molecule has 0 aliphatic carbocycles. The zero-order valence-corrected chi connectivity index (χ0v) is 7.77. The zero-order chi connectivity index (χ0) is 8.39. The summed E-state index contributed by atoms with van der Waals surface area (Å²) in [6.07, 6.45) is 3.68. The molecule has 3 heteroatoms. The topological polar surface area (TPSA) is 12.9 Å². The van der Waals surface area contributed by atoms with E-state index < -0.39 is 0 Å². The van der Waals surface area contributed by atoms with Crippen LogP contribution < -0.4 is 0 Å². The molecule has 0 atom stereocenters. The highest BCUT2D eigenvalue weighted by Gasteiger charge is 1.99. The lowest BCUT2D eigenvalue weighted by Gasteiger charge is -1.87. The molecule has 0 bridgehead atoms. The van der Waals surface area contributed by atoms with Crippen LogP contribution in [0.1, 0.15) is 5.56 Å². The Bertz CT molecular complexity index is 419. The lowest BCUT2D eigenvalue weighted by Crippen LogP contribution is -1.70. The fraction of sp³-hybridized carbons (Fsp3) is 0. The van der Waals surface area contributed by atoms with Gasteiger partial charge in [-0.1, -0.05) is 11.6 Å². The summed E-state index contributed by atoms with van der Waals surface area (Å²) >= 11 is 7.13. The van der Waals surface area contributed by atoms with Crippen LogP contribution in [0.3, 0.4) is 0 Å². The molecule has 0 radical (unpaired) electrons. The Kier molecular flexibility index (Phi) is 2.11. The van der Waals surface area contributed by atoms with E-state index in [0.717, 1.165) is 10.4 Å². The average molecular weight is 196 g/mol. The SMILES string of the molecule is Cl/C=C\c1csc2ncccc12. The van der Waals surface area contributed by atoms with Gasteiger partial charge in [0.25, 0.3) is 0 Å². The highest BCUT2D eigenvalue weighted by atomic mass is 35.5. The number of fused-ring (bicyclic) bond motifs is 1. The number of halogens is 1. The first-order valence-electron chi connectivity index (χ1n) is 3.51. The highest BCUT2D eigenvalue weighted by Crippen LogP contribution is 2.24. The number of thiophene rings is 1. The minimum absolute atomic E-state index is 1.06. The minimum atomic E-state index is 1.06. The van der Waals surface area contributed by atoms with Crippen molar-refractivity contribution in [1.29, 1.82) is 0 Å². The molecule has 0 N–H and O–H groups in total. The number of hydrogen-bond donors (Lipinski definition) is 0. The smallest absolute Gasteiger partial charge is 0.123 e. The van der Waals surface area contributed by atoms with Gasteiger partial charge in [-0.3, -0.25) is 0 Å². The zero-order valence-electron chi connectivity index (χ0n) is 6.20.